The van der Waals surface area contributed by atoms with Crippen LogP contribution < -0.4 is 5.32 Å². The molecule has 0 saturated carbocycles. The lowest BCUT2D eigenvalue weighted by Gasteiger charge is -2.05. The maximum absolute atomic E-state index is 13.6. The first kappa shape index (κ1) is 22.2. The predicted molar refractivity (Wildman–Crippen MR) is 125 cm³/mol. The average molecular weight is 501 g/mol. The molecule has 0 bridgehead atoms. The molecule has 11 heteroatoms. The molecule has 0 aliphatic carbocycles. The van der Waals surface area contributed by atoms with Gasteiger partial charge in [-0.2, -0.15) is 10.2 Å². The molecule has 1 amide bonds. The van der Waals surface area contributed by atoms with Crippen molar-refractivity contribution in [2.75, 3.05) is 0 Å². The van der Waals surface area contributed by atoms with Gasteiger partial charge >= 0.3 is 0 Å². The molecule has 0 aliphatic rings. The summed E-state index contributed by atoms with van der Waals surface area (Å²) in [5, 5.41) is 16.2. The molecule has 0 atom stereocenters. The number of alkyl halides is 2. The number of amides is 1. The van der Waals surface area contributed by atoms with Gasteiger partial charge < -0.3 is 5.32 Å². The van der Waals surface area contributed by atoms with Crippen molar-refractivity contribution >= 4 is 50.9 Å². The van der Waals surface area contributed by atoms with E-state index in [1.54, 1.807) is 30.5 Å². The molecule has 0 radical (unpaired) electrons. The quantitative estimate of drug-likeness (QED) is 0.320. The minimum absolute atomic E-state index is 0.0575. The van der Waals surface area contributed by atoms with Crippen LogP contribution in [-0.4, -0.2) is 30.9 Å². The van der Waals surface area contributed by atoms with Crippen LogP contribution in [0, 0.1) is 0 Å². The van der Waals surface area contributed by atoms with Crippen LogP contribution in [0.5, 0.6) is 0 Å². The van der Waals surface area contributed by atoms with Crippen molar-refractivity contribution in [2.45, 2.75) is 19.5 Å². The highest BCUT2D eigenvalue weighted by Crippen LogP contribution is 2.24. The van der Waals surface area contributed by atoms with E-state index in [0.717, 1.165) is 21.9 Å². The molecule has 5 aromatic rings. The van der Waals surface area contributed by atoms with Crippen LogP contribution in [-0.2, 0) is 13.1 Å². The molecule has 0 fully saturated rings. The average Bonchev–Trinajstić information content (AvgIpc) is 3.41. The second kappa shape index (κ2) is 9.00. The van der Waals surface area contributed by atoms with Gasteiger partial charge in [-0.15, -0.1) is 0 Å². The summed E-state index contributed by atoms with van der Waals surface area (Å²) in [6.45, 7) is 0.251. The van der Waals surface area contributed by atoms with E-state index in [9.17, 15) is 13.6 Å². The molecule has 34 heavy (non-hydrogen) atoms. The molecule has 7 nitrogen and oxygen atoms in total. The van der Waals surface area contributed by atoms with Crippen molar-refractivity contribution < 1.29 is 13.6 Å². The first-order valence-corrected chi connectivity index (χ1v) is 10.9. The highest BCUT2D eigenvalue weighted by atomic mass is 35.5. The summed E-state index contributed by atoms with van der Waals surface area (Å²) in [7, 11) is 0. The van der Waals surface area contributed by atoms with Crippen molar-refractivity contribution in [1.29, 1.82) is 0 Å². The molecule has 3 aromatic heterocycles. The van der Waals surface area contributed by atoms with Gasteiger partial charge in [-0.05, 0) is 42.0 Å². The number of carbonyl (C=O) groups excluding carboxylic acids is 1. The summed E-state index contributed by atoms with van der Waals surface area (Å²) in [5.74, 6) is -0.666. The Bertz CT molecular complexity index is 1530. The maximum atomic E-state index is 13.6. The molecule has 172 valence electrons. The van der Waals surface area contributed by atoms with Gasteiger partial charge in [0.2, 0.25) is 0 Å². The van der Waals surface area contributed by atoms with Gasteiger partial charge in [-0.25, -0.2) is 8.78 Å². The molecule has 0 saturated heterocycles. The normalized spacial score (nSPS) is 11.6. The number of hydrogen-bond acceptors (Lipinski definition) is 4. The summed E-state index contributed by atoms with van der Waals surface area (Å²) in [4.78, 5) is 17.0. The van der Waals surface area contributed by atoms with Gasteiger partial charge in [0.25, 0.3) is 12.3 Å². The number of rotatable bonds is 6. The van der Waals surface area contributed by atoms with Gasteiger partial charge in [-0.3, -0.25) is 19.6 Å². The Morgan fingerprint density at radius 1 is 1.09 bits per heavy atom. The lowest BCUT2D eigenvalue weighted by molar-refractivity contribution is 0.0936. The number of aromatic amines is 1. The van der Waals surface area contributed by atoms with E-state index in [-0.39, 0.29) is 18.7 Å². The van der Waals surface area contributed by atoms with Crippen LogP contribution in [0.25, 0.3) is 21.8 Å². The van der Waals surface area contributed by atoms with Crippen LogP contribution >= 0.6 is 23.2 Å². The van der Waals surface area contributed by atoms with Crippen molar-refractivity contribution in [3.63, 3.8) is 0 Å². The maximum Gasteiger partial charge on any atom is 0.282 e. The van der Waals surface area contributed by atoms with Gasteiger partial charge in [0.1, 0.15) is 5.69 Å². The molecule has 0 unspecified atom stereocenters. The number of nitrogens with zero attached hydrogens (tertiary/aromatic N) is 4. The number of H-pyrrole nitrogens is 1. The monoisotopic (exact) mass is 500 g/mol. The fourth-order valence-corrected chi connectivity index (χ4v) is 4.07. The number of halogens is 4. The molecular formula is C23H16Cl2F2N6O. The number of fused-ring (bicyclic) bond motifs is 2. The zero-order chi connectivity index (χ0) is 23.8. The van der Waals surface area contributed by atoms with E-state index in [4.69, 9.17) is 23.2 Å². The summed E-state index contributed by atoms with van der Waals surface area (Å²) >= 11 is 12.0. The van der Waals surface area contributed by atoms with E-state index >= 15 is 0 Å². The number of benzene rings is 2. The van der Waals surface area contributed by atoms with E-state index in [0.29, 0.717) is 21.3 Å². The van der Waals surface area contributed by atoms with Gasteiger partial charge in [0, 0.05) is 28.2 Å². The van der Waals surface area contributed by atoms with Crippen LogP contribution in [0.4, 0.5) is 8.78 Å². The van der Waals surface area contributed by atoms with Crippen LogP contribution in [0.3, 0.4) is 0 Å². The molecule has 2 N–H and O–H groups in total. The third kappa shape index (κ3) is 4.44. The second-order valence-electron chi connectivity index (χ2n) is 7.65. The molecule has 0 aliphatic heterocycles. The summed E-state index contributed by atoms with van der Waals surface area (Å²) in [5.41, 5.74) is 2.08. The number of nitrogens with one attached hydrogen (secondary N) is 2. The number of carbonyl (C=O) groups is 1. The number of aromatic nitrogens is 5. The fourth-order valence-electron chi connectivity index (χ4n) is 3.73. The van der Waals surface area contributed by atoms with Crippen molar-refractivity contribution in [3.05, 3.63) is 87.4 Å². The molecule has 2 aromatic carbocycles. The molecule has 3 heterocycles. The number of pyridine rings is 1. The zero-order valence-electron chi connectivity index (χ0n) is 17.4. The Morgan fingerprint density at radius 2 is 1.91 bits per heavy atom. The summed E-state index contributed by atoms with van der Waals surface area (Å²) < 4.78 is 28.6. The van der Waals surface area contributed by atoms with Crippen LogP contribution in [0.15, 0.2) is 54.9 Å². The van der Waals surface area contributed by atoms with E-state index < -0.39 is 18.0 Å². The van der Waals surface area contributed by atoms with Gasteiger partial charge in [-0.1, -0.05) is 29.3 Å². The topological polar surface area (TPSA) is 88.5 Å². The smallest absolute Gasteiger partial charge is 0.282 e. The molecule has 0 spiro atoms. The highest BCUT2D eigenvalue weighted by molar-refractivity contribution is 6.31. The van der Waals surface area contributed by atoms with E-state index in [1.165, 1.54) is 10.9 Å². The Balaban J connectivity index is 1.37. The third-order valence-corrected chi connectivity index (χ3v) is 5.76. The first-order valence-electron chi connectivity index (χ1n) is 10.2. The summed E-state index contributed by atoms with van der Waals surface area (Å²) in [6.07, 6.45) is -0.0371. The largest absolute Gasteiger partial charge is 0.346 e. The van der Waals surface area contributed by atoms with Crippen molar-refractivity contribution in [1.82, 2.24) is 30.3 Å². The number of hydrogen-bond donors (Lipinski definition) is 2. The van der Waals surface area contributed by atoms with Gasteiger partial charge in [0.15, 0.2) is 0 Å². The van der Waals surface area contributed by atoms with Crippen molar-refractivity contribution in [3.8, 4) is 0 Å². The van der Waals surface area contributed by atoms with E-state index in [1.807, 2.05) is 18.2 Å². The van der Waals surface area contributed by atoms with Crippen LogP contribution in [0.1, 0.15) is 33.7 Å². The van der Waals surface area contributed by atoms with Crippen molar-refractivity contribution in [2.24, 2.45) is 0 Å². The van der Waals surface area contributed by atoms with Gasteiger partial charge in [0.05, 0.1) is 40.4 Å². The Labute approximate surface area is 201 Å². The van der Waals surface area contributed by atoms with Crippen LogP contribution in [0.2, 0.25) is 10.0 Å². The minimum Gasteiger partial charge on any atom is -0.346 e. The predicted octanol–water partition coefficient (Wildman–Crippen LogP) is 5.53. The summed E-state index contributed by atoms with van der Waals surface area (Å²) in [6, 6.07) is 12.4. The standard InChI is InChI=1S/C23H16Cl2F2N6O/c24-14-2-4-19-16(7-14)20(31-30-19)9-29-23(34)17-11-33(32-21(17)22(26)27)10-12-1-3-18-13(5-12)6-15(25)8-28-18/h1-8,11,22H,9-10H2,(H,29,34)(H,30,31). The SMILES string of the molecule is O=C(NCc1[nH]nc2ccc(Cl)cc12)c1cn(Cc2ccc3ncc(Cl)cc3c2)nc1C(F)F. The van der Waals surface area contributed by atoms with E-state index in [2.05, 4.69) is 25.6 Å². The second-order valence-corrected chi connectivity index (χ2v) is 8.53. The Hall–Kier alpha value is -3.56. The minimum atomic E-state index is -2.91. The third-order valence-electron chi connectivity index (χ3n) is 5.32. The molecule has 5 rings (SSSR count). The lowest BCUT2D eigenvalue weighted by Crippen LogP contribution is -2.24. The Kier molecular flexibility index (Phi) is 5.89. The highest BCUT2D eigenvalue weighted by Gasteiger charge is 2.23. The lowest BCUT2D eigenvalue weighted by atomic mass is 10.1. The fraction of sp³-hybridized carbons (Fsp3) is 0.130. The first-order chi connectivity index (χ1) is 16.4. The zero-order valence-corrected chi connectivity index (χ0v) is 18.9. The molecular weight excluding hydrogens is 485 g/mol. The Morgan fingerprint density at radius 3 is 2.74 bits per heavy atom.